The highest BCUT2D eigenvalue weighted by molar-refractivity contribution is 5.89. The van der Waals surface area contributed by atoms with Crippen LogP contribution in [0, 0.1) is 0 Å². The minimum Gasteiger partial charge on any atom is -0.395 e. The second-order valence-corrected chi connectivity index (χ2v) is 4.85. The molecule has 0 unspecified atom stereocenters. The van der Waals surface area contributed by atoms with E-state index < -0.39 is 0 Å². The molecule has 1 N–H and O–H groups in total. The van der Waals surface area contributed by atoms with E-state index in [9.17, 15) is 5.11 Å². The fraction of sp³-hybridized carbons (Fsp3) is 0.176. The predicted octanol–water partition coefficient (Wildman–Crippen LogP) is 2.63. The lowest BCUT2D eigenvalue weighted by molar-refractivity contribution is 0.301. The summed E-state index contributed by atoms with van der Waals surface area (Å²) in [5.41, 5.74) is 2.10. The molecule has 0 saturated carbocycles. The molecule has 0 aliphatic heterocycles. The van der Waals surface area contributed by atoms with Crippen LogP contribution in [0.1, 0.15) is 5.56 Å². The predicted molar refractivity (Wildman–Crippen MR) is 84.1 cm³/mol. The number of hydrogen-bond donors (Lipinski definition) is 1. The minimum atomic E-state index is 0.0885. The Morgan fingerprint density at radius 2 is 1.67 bits per heavy atom. The second-order valence-electron chi connectivity index (χ2n) is 4.85. The van der Waals surface area contributed by atoms with Crippen LogP contribution in [-0.2, 0) is 6.54 Å². The van der Waals surface area contributed by atoms with E-state index in [1.165, 1.54) is 5.56 Å². The van der Waals surface area contributed by atoms with Gasteiger partial charge >= 0.3 is 0 Å². The summed E-state index contributed by atoms with van der Waals surface area (Å²) in [4.78, 5) is 10.8. The monoisotopic (exact) mass is 279 g/mol. The van der Waals surface area contributed by atoms with E-state index in [4.69, 9.17) is 0 Å². The van der Waals surface area contributed by atoms with Gasteiger partial charge < -0.3 is 10.0 Å². The molecule has 3 rings (SSSR count). The third-order valence-electron chi connectivity index (χ3n) is 3.41. The number of nitrogens with zero attached hydrogens (tertiary/aromatic N) is 3. The molecule has 0 atom stereocenters. The molecule has 0 bridgehead atoms. The van der Waals surface area contributed by atoms with Crippen molar-refractivity contribution >= 4 is 16.7 Å². The maximum atomic E-state index is 9.36. The van der Waals surface area contributed by atoms with E-state index in [2.05, 4.69) is 27.0 Å². The molecule has 3 aromatic rings. The van der Waals surface area contributed by atoms with Crippen molar-refractivity contribution in [3.63, 3.8) is 0 Å². The van der Waals surface area contributed by atoms with Gasteiger partial charge in [-0.2, -0.15) is 0 Å². The Kier molecular flexibility index (Phi) is 4.07. The number of rotatable bonds is 5. The van der Waals surface area contributed by atoms with E-state index in [0.29, 0.717) is 13.1 Å². The van der Waals surface area contributed by atoms with Crippen LogP contribution in [0.15, 0.2) is 60.9 Å². The maximum absolute atomic E-state index is 9.36. The lowest BCUT2D eigenvalue weighted by Gasteiger charge is -2.24. The van der Waals surface area contributed by atoms with Gasteiger partial charge in [-0.15, -0.1) is 0 Å². The molecule has 4 heteroatoms. The Hall–Kier alpha value is -2.46. The zero-order valence-corrected chi connectivity index (χ0v) is 11.7. The van der Waals surface area contributed by atoms with Crippen LogP contribution in [0.5, 0.6) is 0 Å². The molecule has 4 nitrogen and oxygen atoms in total. The molecule has 0 spiro atoms. The number of fused-ring (bicyclic) bond motifs is 1. The quantitative estimate of drug-likeness (QED) is 0.780. The number of anilines is 1. The molecule has 0 aliphatic rings. The summed E-state index contributed by atoms with van der Waals surface area (Å²) in [5, 5.41) is 10.4. The van der Waals surface area contributed by atoms with Crippen LogP contribution in [0.2, 0.25) is 0 Å². The summed E-state index contributed by atoms with van der Waals surface area (Å²) in [5.74, 6) is 0.860. The van der Waals surface area contributed by atoms with Gasteiger partial charge in [0.1, 0.15) is 12.1 Å². The topological polar surface area (TPSA) is 49.2 Å². The molecule has 106 valence electrons. The van der Waals surface area contributed by atoms with Crippen LogP contribution in [0.25, 0.3) is 10.9 Å². The summed E-state index contributed by atoms with van der Waals surface area (Å²) in [6, 6.07) is 18.1. The molecule has 0 aliphatic carbocycles. The van der Waals surface area contributed by atoms with Crippen LogP contribution in [-0.4, -0.2) is 28.2 Å². The SMILES string of the molecule is OCCN(Cc1ccccc1)c1ncnc2ccccc12. The third kappa shape index (κ3) is 3.01. The van der Waals surface area contributed by atoms with E-state index in [1.54, 1.807) is 6.33 Å². The second kappa shape index (κ2) is 6.33. The van der Waals surface area contributed by atoms with Gasteiger partial charge in [-0.1, -0.05) is 42.5 Å². The van der Waals surface area contributed by atoms with E-state index in [0.717, 1.165) is 16.7 Å². The molecule has 0 amide bonds. The molecular formula is C17H17N3O. The summed E-state index contributed by atoms with van der Waals surface area (Å²) in [6.07, 6.45) is 1.58. The van der Waals surface area contributed by atoms with Gasteiger partial charge in [-0.05, 0) is 17.7 Å². The fourth-order valence-corrected chi connectivity index (χ4v) is 2.43. The number of hydrogen-bond acceptors (Lipinski definition) is 4. The molecule has 0 saturated heterocycles. The van der Waals surface area contributed by atoms with Crippen molar-refractivity contribution in [1.29, 1.82) is 0 Å². The smallest absolute Gasteiger partial charge is 0.140 e. The van der Waals surface area contributed by atoms with Gasteiger partial charge in [0.2, 0.25) is 0 Å². The Bertz CT molecular complexity index is 710. The van der Waals surface area contributed by atoms with Crippen LogP contribution >= 0.6 is 0 Å². The largest absolute Gasteiger partial charge is 0.395 e. The summed E-state index contributed by atoms with van der Waals surface area (Å²) >= 11 is 0. The highest BCUT2D eigenvalue weighted by atomic mass is 16.3. The Morgan fingerprint density at radius 3 is 2.48 bits per heavy atom. The van der Waals surface area contributed by atoms with Gasteiger partial charge in [0.25, 0.3) is 0 Å². The summed E-state index contributed by atoms with van der Waals surface area (Å²) < 4.78 is 0. The molecule has 0 radical (unpaired) electrons. The van der Waals surface area contributed by atoms with Crippen LogP contribution in [0.4, 0.5) is 5.82 Å². The first-order chi connectivity index (χ1) is 10.4. The Labute approximate surface area is 123 Å². The van der Waals surface area contributed by atoms with Crippen molar-refractivity contribution in [1.82, 2.24) is 9.97 Å². The highest BCUT2D eigenvalue weighted by Gasteiger charge is 2.12. The Morgan fingerprint density at radius 1 is 0.905 bits per heavy atom. The van der Waals surface area contributed by atoms with E-state index >= 15 is 0 Å². The number of aliphatic hydroxyl groups is 1. The normalized spacial score (nSPS) is 10.7. The molecular weight excluding hydrogens is 262 g/mol. The molecule has 21 heavy (non-hydrogen) atoms. The first-order valence-electron chi connectivity index (χ1n) is 6.98. The van der Waals surface area contributed by atoms with Crippen molar-refractivity contribution in [3.05, 3.63) is 66.5 Å². The van der Waals surface area contributed by atoms with Crippen molar-refractivity contribution in [3.8, 4) is 0 Å². The zero-order valence-electron chi connectivity index (χ0n) is 11.7. The molecule has 2 aromatic carbocycles. The maximum Gasteiger partial charge on any atom is 0.140 e. The highest BCUT2D eigenvalue weighted by Crippen LogP contribution is 2.23. The first-order valence-corrected chi connectivity index (χ1v) is 6.98. The fourth-order valence-electron chi connectivity index (χ4n) is 2.43. The lowest BCUT2D eigenvalue weighted by Crippen LogP contribution is -2.27. The van der Waals surface area contributed by atoms with Gasteiger partial charge in [-0.3, -0.25) is 0 Å². The number of para-hydroxylation sites is 1. The average molecular weight is 279 g/mol. The van der Waals surface area contributed by atoms with E-state index in [-0.39, 0.29) is 6.61 Å². The zero-order chi connectivity index (χ0) is 14.5. The summed E-state index contributed by atoms with van der Waals surface area (Å²) in [6.45, 7) is 1.34. The van der Waals surface area contributed by atoms with Crippen molar-refractivity contribution in [2.24, 2.45) is 0 Å². The van der Waals surface area contributed by atoms with Crippen molar-refractivity contribution in [2.75, 3.05) is 18.1 Å². The van der Waals surface area contributed by atoms with Crippen LogP contribution < -0.4 is 4.90 Å². The van der Waals surface area contributed by atoms with Crippen molar-refractivity contribution < 1.29 is 5.11 Å². The summed E-state index contributed by atoms with van der Waals surface area (Å²) in [7, 11) is 0. The molecule has 0 fully saturated rings. The van der Waals surface area contributed by atoms with Crippen LogP contribution in [0.3, 0.4) is 0 Å². The van der Waals surface area contributed by atoms with E-state index in [1.807, 2.05) is 42.5 Å². The van der Waals surface area contributed by atoms with Gasteiger partial charge in [-0.25, -0.2) is 9.97 Å². The average Bonchev–Trinajstić information content (AvgIpc) is 2.55. The Balaban J connectivity index is 1.99. The first kappa shape index (κ1) is 13.5. The standard InChI is InChI=1S/C17H17N3O/c21-11-10-20(12-14-6-2-1-3-7-14)17-15-8-4-5-9-16(15)18-13-19-17/h1-9,13,21H,10-12H2. The van der Waals surface area contributed by atoms with Gasteiger partial charge in [0.05, 0.1) is 12.1 Å². The van der Waals surface area contributed by atoms with Crippen molar-refractivity contribution in [2.45, 2.75) is 6.54 Å². The van der Waals surface area contributed by atoms with Gasteiger partial charge in [0.15, 0.2) is 0 Å². The minimum absolute atomic E-state index is 0.0885. The molecule has 1 aromatic heterocycles. The number of aromatic nitrogens is 2. The number of benzene rings is 2. The number of aliphatic hydroxyl groups excluding tert-OH is 1. The molecule has 1 heterocycles. The lowest BCUT2D eigenvalue weighted by atomic mass is 10.2. The third-order valence-corrected chi connectivity index (χ3v) is 3.41. The van der Waals surface area contributed by atoms with Gasteiger partial charge in [0, 0.05) is 18.5 Å².